The first-order valence-electron chi connectivity index (χ1n) is 8.68. The zero-order valence-electron chi connectivity index (χ0n) is 15.1. The number of nitrogens with zero attached hydrogens (tertiary/aromatic N) is 2. The van der Waals surface area contributed by atoms with E-state index in [0.29, 0.717) is 21.9 Å². The van der Waals surface area contributed by atoms with Gasteiger partial charge >= 0.3 is 11.5 Å². The molecular weight excluding hydrogens is 405 g/mol. The average Bonchev–Trinajstić information content (AvgIpc) is 2.96. The van der Waals surface area contributed by atoms with Crippen LogP contribution in [0.25, 0.3) is 0 Å². The number of alkyl halides is 2. The first-order chi connectivity index (χ1) is 13.8. The molecule has 0 radical (unpaired) electrons. The highest BCUT2D eigenvalue weighted by Gasteiger charge is 2.37. The van der Waals surface area contributed by atoms with E-state index in [1.165, 1.54) is 46.8 Å². The van der Waals surface area contributed by atoms with Crippen molar-refractivity contribution in [3.05, 3.63) is 74.5 Å². The second-order valence-corrected chi connectivity index (χ2v) is 7.52. The van der Waals surface area contributed by atoms with Gasteiger partial charge in [0.05, 0.1) is 10.6 Å². The van der Waals surface area contributed by atoms with Crippen molar-refractivity contribution >= 4 is 28.7 Å². The molecule has 0 unspecified atom stereocenters. The van der Waals surface area contributed by atoms with Crippen LogP contribution in [0.3, 0.4) is 0 Å². The monoisotopic (exact) mass is 420 g/mol. The second-order valence-electron chi connectivity index (χ2n) is 6.53. The summed E-state index contributed by atoms with van der Waals surface area (Å²) in [5, 5.41) is 0. The molecule has 1 atom stereocenters. The molecule has 9 heteroatoms. The Kier molecular flexibility index (Phi) is 4.91. The van der Waals surface area contributed by atoms with Gasteiger partial charge in [0.1, 0.15) is 17.4 Å². The number of anilines is 2. The van der Waals surface area contributed by atoms with Gasteiger partial charge in [0, 0.05) is 19.4 Å². The molecule has 0 spiro atoms. The Labute approximate surface area is 167 Å². The van der Waals surface area contributed by atoms with E-state index in [9.17, 15) is 22.8 Å². The maximum absolute atomic E-state index is 13.7. The maximum Gasteiger partial charge on any atom is 0.387 e. The number of hydrogen-bond acceptors (Lipinski definition) is 4. The predicted octanol–water partition coefficient (Wildman–Crippen LogP) is 4.39. The summed E-state index contributed by atoms with van der Waals surface area (Å²) in [6, 6.07) is 11.7. The number of rotatable bonds is 4. The third-order valence-corrected chi connectivity index (χ3v) is 5.85. The van der Waals surface area contributed by atoms with E-state index >= 15 is 0 Å². The summed E-state index contributed by atoms with van der Waals surface area (Å²) in [5.74, 6) is -1.01. The fourth-order valence-corrected chi connectivity index (χ4v) is 4.57. The fraction of sp³-hybridized carbons (Fsp3) is 0.200. The lowest BCUT2D eigenvalue weighted by atomic mass is 9.90. The number of fused-ring (bicyclic) bond motifs is 1. The van der Waals surface area contributed by atoms with Gasteiger partial charge in [-0.05, 0) is 35.9 Å². The minimum atomic E-state index is -2.97. The van der Waals surface area contributed by atoms with E-state index in [4.69, 9.17) is 0 Å². The summed E-state index contributed by atoms with van der Waals surface area (Å²) >= 11 is 0.975. The van der Waals surface area contributed by atoms with Gasteiger partial charge in [-0.15, -0.1) is 0 Å². The van der Waals surface area contributed by atoms with Crippen LogP contribution >= 0.6 is 11.3 Å². The summed E-state index contributed by atoms with van der Waals surface area (Å²) < 4.78 is 44.7. The van der Waals surface area contributed by atoms with Gasteiger partial charge < -0.3 is 4.74 Å². The molecule has 0 N–H and O–H groups in total. The van der Waals surface area contributed by atoms with Crippen LogP contribution in [0.2, 0.25) is 0 Å². The Balaban J connectivity index is 1.83. The Morgan fingerprint density at radius 3 is 2.62 bits per heavy atom. The minimum absolute atomic E-state index is 0.00159. The molecule has 0 saturated carbocycles. The van der Waals surface area contributed by atoms with Gasteiger partial charge in [-0.25, -0.2) is 4.39 Å². The molecule has 150 valence electrons. The van der Waals surface area contributed by atoms with E-state index < -0.39 is 18.3 Å². The molecule has 2 heterocycles. The zero-order valence-corrected chi connectivity index (χ0v) is 16.0. The van der Waals surface area contributed by atoms with Crippen molar-refractivity contribution in [2.75, 3.05) is 4.90 Å². The Morgan fingerprint density at radius 1 is 1.14 bits per heavy atom. The molecule has 29 heavy (non-hydrogen) atoms. The lowest BCUT2D eigenvalue weighted by Crippen LogP contribution is -2.34. The number of aromatic nitrogens is 1. The van der Waals surface area contributed by atoms with Gasteiger partial charge in [-0.2, -0.15) is 8.78 Å². The summed E-state index contributed by atoms with van der Waals surface area (Å²) in [6.07, 6.45) is 0.00159. The van der Waals surface area contributed by atoms with Crippen LogP contribution in [-0.4, -0.2) is 17.1 Å². The first kappa shape index (κ1) is 19.3. The summed E-state index contributed by atoms with van der Waals surface area (Å²) in [5.41, 5.74) is 0.899. The van der Waals surface area contributed by atoms with Crippen molar-refractivity contribution in [2.24, 2.45) is 7.05 Å². The van der Waals surface area contributed by atoms with E-state index in [-0.39, 0.29) is 23.0 Å². The van der Waals surface area contributed by atoms with Gasteiger partial charge in [-0.1, -0.05) is 29.5 Å². The average molecular weight is 420 g/mol. The zero-order chi connectivity index (χ0) is 20.7. The maximum atomic E-state index is 13.7. The predicted molar refractivity (Wildman–Crippen MR) is 103 cm³/mol. The van der Waals surface area contributed by atoms with E-state index in [2.05, 4.69) is 4.74 Å². The molecule has 5 nitrogen and oxygen atoms in total. The van der Waals surface area contributed by atoms with Crippen molar-refractivity contribution in [1.29, 1.82) is 0 Å². The molecule has 1 aromatic heterocycles. The van der Waals surface area contributed by atoms with Crippen molar-refractivity contribution in [3.63, 3.8) is 0 Å². The van der Waals surface area contributed by atoms with E-state index in [1.54, 1.807) is 18.2 Å². The normalized spacial score (nSPS) is 16.2. The van der Waals surface area contributed by atoms with Gasteiger partial charge in [-0.3, -0.25) is 19.1 Å². The molecule has 0 bridgehead atoms. The van der Waals surface area contributed by atoms with Crippen LogP contribution in [0.4, 0.5) is 24.7 Å². The SMILES string of the molecule is Cn1c2c(sc1=O)[C@@H](c1cccc(OC(F)F)c1)CC(=O)N2c1cccc(F)c1. The third kappa shape index (κ3) is 3.53. The molecule has 2 aromatic carbocycles. The first-order valence-corrected chi connectivity index (χ1v) is 9.50. The highest BCUT2D eigenvalue weighted by atomic mass is 32.1. The van der Waals surface area contributed by atoms with Gasteiger partial charge in [0.15, 0.2) is 0 Å². The smallest absolute Gasteiger partial charge is 0.387 e. The molecule has 0 fully saturated rings. The van der Waals surface area contributed by atoms with Crippen LogP contribution < -0.4 is 14.5 Å². The molecule has 1 aliphatic rings. The summed E-state index contributed by atoms with van der Waals surface area (Å²) in [4.78, 5) is 27.1. The lowest BCUT2D eigenvalue weighted by Gasteiger charge is -2.32. The molecular formula is C20H15F3N2O3S. The van der Waals surface area contributed by atoms with Crippen molar-refractivity contribution in [3.8, 4) is 5.75 Å². The third-order valence-electron chi connectivity index (χ3n) is 4.72. The molecule has 3 aromatic rings. The highest BCUT2D eigenvalue weighted by molar-refractivity contribution is 7.10. The van der Waals surface area contributed by atoms with Crippen molar-refractivity contribution in [1.82, 2.24) is 4.57 Å². The number of hydrogen-bond donors (Lipinski definition) is 0. The van der Waals surface area contributed by atoms with Crippen LogP contribution in [-0.2, 0) is 11.8 Å². The molecule has 1 amide bonds. The standard InChI is InChI=1S/C20H15F3N2O3S/c1-24-18-17(29-20(24)27)15(11-4-2-7-14(8-11)28-19(22)23)10-16(26)25(18)13-6-3-5-12(21)9-13/h2-9,15,19H,10H2,1H3/t15-/m1/s1. The fourth-order valence-electron chi connectivity index (χ4n) is 3.48. The van der Waals surface area contributed by atoms with Crippen LogP contribution in [0, 0.1) is 5.82 Å². The van der Waals surface area contributed by atoms with Crippen LogP contribution in [0.15, 0.2) is 53.3 Å². The van der Waals surface area contributed by atoms with Crippen molar-refractivity contribution < 1.29 is 22.7 Å². The molecule has 0 saturated heterocycles. The van der Waals surface area contributed by atoms with E-state index in [1.807, 2.05) is 0 Å². The Hall–Kier alpha value is -3.07. The number of carbonyl (C=O) groups is 1. The van der Waals surface area contributed by atoms with Gasteiger partial charge in [0.25, 0.3) is 0 Å². The van der Waals surface area contributed by atoms with Gasteiger partial charge in [0.2, 0.25) is 5.91 Å². The lowest BCUT2D eigenvalue weighted by molar-refractivity contribution is -0.118. The quantitative estimate of drug-likeness (QED) is 0.629. The number of thiazole rings is 1. The van der Waals surface area contributed by atoms with E-state index in [0.717, 1.165) is 11.3 Å². The minimum Gasteiger partial charge on any atom is -0.435 e. The molecule has 4 rings (SSSR count). The summed E-state index contributed by atoms with van der Waals surface area (Å²) in [7, 11) is 1.54. The number of carbonyl (C=O) groups excluding carboxylic acids is 1. The number of halogens is 3. The summed E-state index contributed by atoms with van der Waals surface area (Å²) in [6.45, 7) is -2.97. The number of benzene rings is 2. The molecule has 0 aliphatic carbocycles. The highest BCUT2D eigenvalue weighted by Crippen LogP contribution is 2.45. The number of amides is 1. The van der Waals surface area contributed by atoms with Crippen molar-refractivity contribution in [2.45, 2.75) is 19.0 Å². The second kappa shape index (κ2) is 7.40. The topological polar surface area (TPSA) is 51.5 Å². The van der Waals surface area contributed by atoms with Crippen LogP contribution in [0.5, 0.6) is 5.75 Å². The Morgan fingerprint density at radius 2 is 1.90 bits per heavy atom. The molecule has 1 aliphatic heterocycles. The van der Waals surface area contributed by atoms with Crippen LogP contribution in [0.1, 0.15) is 22.8 Å². The number of ether oxygens (including phenoxy) is 1. The Bertz CT molecular complexity index is 1140. The largest absolute Gasteiger partial charge is 0.435 e.